The lowest BCUT2D eigenvalue weighted by atomic mass is 9.81. The first kappa shape index (κ1) is 15.9. The molecule has 0 amide bonds. The van der Waals surface area contributed by atoms with Crippen LogP contribution in [0.4, 0.5) is 0 Å². The summed E-state index contributed by atoms with van der Waals surface area (Å²) in [6.45, 7) is 0. The predicted molar refractivity (Wildman–Crippen MR) is 106 cm³/mol. The van der Waals surface area contributed by atoms with Gasteiger partial charge in [-0.1, -0.05) is 18.2 Å². The third-order valence-corrected chi connectivity index (χ3v) is 7.65. The molecule has 1 spiro atoms. The van der Waals surface area contributed by atoms with E-state index >= 15 is 0 Å². The van der Waals surface area contributed by atoms with Crippen LogP contribution in [0.2, 0.25) is 0 Å². The largest absolute Gasteiger partial charge is 0.465 e. The zero-order valence-electron chi connectivity index (χ0n) is 16.1. The number of carbonyl (C=O) groups excluding carboxylic acids is 1. The first-order valence-corrected chi connectivity index (χ1v) is 10.5. The molecule has 138 valence electrons. The summed E-state index contributed by atoms with van der Waals surface area (Å²) in [7, 11) is 1.53. The van der Waals surface area contributed by atoms with Crippen LogP contribution in [-0.4, -0.2) is 13.1 Å². The van der Waals surface area contributed by atoms with Crippen LogP contribution < -0.4 is 0 Å². The van der Waals surface area contributed by atoms with Gasteiger partial charge in [-0.3, -0.25) is 0 Å². The summed E-state index contributed by atoms with van der Waals surface area (Å²) in [6.07, 6.45) is 11.7. The minimum Gasteiger partial charge on any atom is -0.465 e. The fourth-order valence-electron chi connectivity index (χ4n) is 6.58. The van der Waals surface area contributed by atoms with E-state index in [0.29, 0.717) is 0 Å². The second-order valence-corrected chi connectivity index (χ2v) is 9.32. The van der Waals surface area contributed by atoms with Crippen molar-refractivity contribution in [2.45, 2.75) is 64.2 Å². The molecular formula is C25H26O2. The monoisotopic (exact) mass is 358 g/mol. The van der Waals surface area contributed by atoms with Crippen molar-refractivity contribution in [3.63, 3.8) is 0 Å². The number of esters is 1. The smallest absolute Gasteiger partial charge is 0.338 e. The quantitative estimate of drug-likeness (QED) is 0.709. The summed E-state index contributed by atoms with van der Waals surface area (Å²) in [5.41, 5.74) is 13.0. The highest BCUT2D eigenvalue weighted by molar-refractivity contribution is 5.94. The average molecular weight is 358 g/mol. The first-order chi connectivity index (χ1) is 13.2. The van der Waals surface area contributed by atoms with Crippen LogP contribution in [0.5, 0.6) is 0 Å². The summed E-state index contributed by atoms with van der Waals surface area (Å²) in [5.74, 6) is -0.114. The molecule has 0 atom stereocenters. The zero-order chi connectivity index (χ0) is 18.2. The van der Waals surface area contributed by atoms with Gasteiger partial charge in [0.25, 0.3) is 0 Å². The van der Waals surface area contributed by atoms with E-state index in [1.807, 2.05) is 0 Å². The van der Waals surface area contributed by atoms with Crippen molar-refractivity contribution in [1.82, 2.24) is 0 Å². The Morgan fingerprint density at radius 3 is 2.04 bits per heavy atom. The van der Waals surface area contributed by atoms with Crippen molar-refractivity contribution in [1.29, 1.82) is 0 Å². The zero-order valence-corrected chi connectivity index (χ0v) is 16.1. The number of aryl methyl sites for hydroxylation is 3. The predicted octanol–water partition coefficient (Wildman–Crippen LogP) is 4.33. The maximum absolute atomic E-state index is 12.7. The van der Waals surface area contributed by atoms with Crippen LogP contribution in [-0.2, 0) is 56.1 Å². The van der Waals surface area contributed by atoms with Gasteiger partial charge in [0, 0.05) is 0 Å². The Kier molecular flexibility index (Phi) is 3.22. The normalized spacial score (nSPS) is 20.5. The molecule has 2 aromatic rings. The molecule has 2 heteroatoms. The molecule has 0 unspecified atom stereocenters. The highest BCUT2D eigenvalue weighted by Gasteiger charge is 2.45. The standard InChI is InChI=1S/C25H26O2/c1-27-24(26)23-21-7-3-6-17(21)10-20-13-25(14-22(20)23)11-18-8-15-4-2-5-16(15)9-19(18)12-25/h8-10H,2-7,11-14H2,1H3. The fraction of sp³-hybridized carbons (Fsp3) is 0.480. The van der Waals surface area contributed by atoms with Crippen LogP contribution in [0.15, 0.2) is 18.2 Å². The SMILES string of the molecule is COC(=O)c1c2c(cc3c1CC1(Cc4cc5c(cc4C1)CCC5)C3)CCC2. The van der Waals surface area contributed by atoms with Crippen molar-refractivity contribution >= 4 is 5.97 Å². The molecule has 6 rings (SSSR count). The van der Waals surface area contributed by atoms with Gasteiger partial charge < -0.3 is 4.74 Å². The van der Waals surface area contributed by atoms with E-state index in [-0.39, 0.29) is 11.4 Å². The number of methoxy groups -OCH3 is 1. The van der Waals surface area contributed by atoms with Crippen molar-refractivity contribution in [2.75, 3.05) is 7.11 Å². The third-order valence-electron chi connectivity index (χ3n) is 7.65. The molecular weight excluding hydrogens is 332 g/mol. The summed E-state index contributed by atoms with van der Waals surface area (Å²) in [4.78, 5) is 12.7. The summed E-state index contributed by atoms with van der Waals surface area (Å²) in [6, 6.07) is 7.45. The lowest BCUT2D eigenvalue weighted by Crippen LogP contribution is -2.22. The number of benzene rings is 2. The van der Waals surface area contributed by atoms with E-state index in [9.17, 15) is 4.79 Å². The molecule has 0 bridgehead atoms. The highest BCUT2D eigenvalue weighted by atomic mass is 16.5. The lowest BCUT2D eigenvalue weighted by Gasteiger charge is -2.22. The van der Waals surface area contributed by atoms with Gasteiger partial charge in [0.1, 0.15) is 0 Å². The molecule has 2 aromatic carbocycles. The third kappa shape index (κ3) is 2.22. The van der Waals surface area contributed by atoms with Crippen LogP contribution in [0.1, 0.15) is 67.7 Å². The number of hydrogen-bond donors (Lipinski definition) is 0. The van der Waals surface area contributed by atoms with Gasteiger partial charge in [-0.2, -0.15) is 0 Å². The summed E-state index contributed by atoms with van der Waals surface area (Å²) < 4.78 is 5.21. The van der Waals surface area contributed by atoms with Gasteiger partial charge in [-0.15, -0.1) is 0 Å². The van der Waals surface area contributed by atoms with Crippen molar-refractivity contribution in [3.8, 4) is 0 Å². The Morgan fingerprint density at radius 2 is 1.33 bits per heavy atom. The molecule has 0 aromatic heterocycles. The second-order valence-electron chi connectivity index (χ2n) is 9.32. The first-order valence-electron chi connectivity index (χ1n) is 10.5. The van der Waals surface area contributed by atoms with E-state index < -0.39 is 0 Å². The number of rotatable bonds is 1. The molecule has 0 saturated heterocycles. The van der Waals surface area contributed by atoms with Crippen molar-refractivity contribution in [2.24, 2.45) is 5.41 Å². The molecule has 0 fully saturated rings. The molecule has 0 saturated carbocycles. The van der Waals surface area contributed by atoms with Gasteiger partial charge >= 0.3 is 5.97 Å². The molecule has 4 aliphatic rings. The summed E-state index contributed by atoms with van der Waals surface area (Å²) >= 11 is 0. The number of carbonyl (C=O) groups is 1. The average Bonchev–Trinajstić information content (AvgIpc) is 3.41. The topological polar surface area (TPSA) is 26.3 Å². The maximum atomic E-state index is 12.7. The fourth-order valence-corrected chi connectivity index (χ4v) is 6.58. The van der Waals surface area contributed by atoms with Gasteiger partial charge in [0.2, 0.25) is 0 Å². The molecule has 0 radical (unpaired) electrons. The minimum atomic E-state index is -0.114. The van der Waals surface area contributed by atoms with E-state index in [1.165, 1.54) is 67.9 Å². The van der Waals surface area contributed by atoms with Gasteiger partial charge in [0.15, 0.2) is 0 Å². The Balaban J connectivity index is 1.41. The molecule has 27 heavy (non-hydrogen) atoms. The van der Waals surface area contributed by atoms with Crippen LogP contribution in [0.25, 0.3) is 0 Å². The van der Waals surface area contributed by atoms with Crippen molar-refractivity contribution < 1.29 is 9.53 Å². The molecule has 2 nitrogen and oxygen atoms in total. The molecule has 0 heterocycles. The lowest BCUT2D eigenvalue weighted by molar-refractivity contribution is 0.0598. The van der Waals surface area contributed by atoms with Gasteiger partial charge in [-0.05, 0) is 114 Å². The number of ether oxygens (including phenoxy) is 1. The summed E-state index contributed by atoms with van der Waals surface area (Å²) in [5, 5.41) is 0. The van der Waals surface area contributed by atoms with E-state index in [1.54, 1.807) is 22.3 Å². The Morgan fingerprint density at radius 1 is 0.741 bits per heavy atom. The van der Waals surface area contributed by atoms with Crippen molar-refractivity contribution in [3.05, 3.63) is 68.3 Å². The van der Waals surface area contributed by atoms with Gasteiger partial charge in [-0.25, -0.2) is 4.79 Å². The Hall–Kier alpha value is -2.09. The Labute approximate surface area is 160 Å². The minimum absolute atomic E-state index is 0.114. The van der Waals surface area contributed by atoms with Crippen LogP contribution in [0.3, 0.4) is 0 Å². The number of fused-ring (bicyclic) bond motifs is 4. The maximum Gasteiger partial charge on any atom is 0.338 e. The molecule has 0 aliphatic heterocycles. The Bertz CT molecular complexity index is 965. The van der Waals surface area contributed by atoms with Gasteiger partial charge in [0.05, 0.1) is 12.7 Å². The van der Waals surface area contributed by atoms with Crippen LogP contribution in [0, 0.1) is 5.41 Å². The highest BCUT2D eigenvalue weighted by Crippen LogP contribution is 2.50. The van der Waals surface area contributed by atoms with E-state index in [4.69, 9.17) is 4.74 Å². The second kappa shape index (κ2) is 5.47. The van der Waals surface area contributed by atoms with Crippen LogP contribution >= 0.6 is 0 Å². The molecule has 0 N–H and O–H groups in total. The number of hydrogen-bond acceptors (Lipinski definition) is 2. The van der Waals surface area contributed by atoms with E-state index in [2.05, 4.69) is 18.2 Å². The van der Waals surface area contributed by atoms with E-state index in [0.717, 1.165) is 31.2 Å². The molecule has 4 aliphatic carbocycles.